The van der Waals surface area contributed by atoms with Gasteiger partial charge in [0.1, 0.15) is 0 Å². The molecule has 3 heteroatoms. The maximum Gasteiger partial charge on any atom is 0.222 e. The highest BCUT2D eigenvalue weighted by atomic mass is 16.3. The minimum absolute atomic E-state index is 0.140. The molecular formula is C9H19NO2. The average molecular weight is 173 g/mol. The third-order valence-electron chi connectivity index (χ3n) is 1.89. The van der Waals surface area contributed by atoms with Crippen LogP contribution in [-0.4, -0.2) is 35.1 Å². The highest BCUT2D eigenvalue weighted by Gasteiger charge is 2.09. The predicted octanol–water partition coefficient (Wildman–Crippen LogP) is 1.02. The average Bonchev–Trinajstić information content (AvgIpc) is 2.03. The molecule has 0 unspecified atom stereocenters. The summed E-state index contributed by atoms with van der Waals surface area (Å²) in [6, 6.07) is 0. The minimum atomic E-state index is -0.371. The van der Waals surface area contributed by atoms with Gasteiger partial charge < -0.3 is 10.0 Å². The summed E-state index contributed by atoms with van der Waals surface area (Å²) in [6.07, 6.45) is 0.652. The lowest BCUT2D eigenvalue weighted by molar-refractivity contribution is -0.131. The van der Waals surface area contributed by atoms with E-state index in [1.807, 2.05) is 13.8 Å². The molecule has 0 aliphatic rings. The van der Waals surface area contributed by atoms with E-state index >= 15 is 0 Å². The highest BCUT2D eigenvalue weighted by Crippen LogP contribution is 2.00. The Morgan fingerprint density at radius 1 is 1.42 bits per heavy atom. The lowest BCUT2D eigenvalue weighted by Crippen LogP contribution is -2.30. The molecule has 0 rings (SSSR count). The monoisotopic (exact) mass is 173 g/mol. The van der Waals surface area contributed by atoms with E-state index in [-0.39, 0.29) is 12.0 Å². The van der Waals surface area contributed by atoms with Crippen LogP contribution in [0.15, 0.2) is 0 Å². The predicted molar refractivity (Wildman–Crippen MR) is 48.8 cm³/mol. The summed E-state index contributed by atoms with van der Waals surface area (Å²) >= 11 is 0. The Balaban J connectivity index is 3.69. The first-order valence-corrected chi connectivity index (χ1v) is 4.57. The fraction of sp³-hybridized carbons (Fsp3) is 0.889. The van der Waals surface area contributed by atoms with E-state index in [2.05, 4.69) is 0 Å². The quantitative estimate of drug-likeness (QED) is 0.674. The Morgan fingerprint density at radius 2 is 1.92 bits per heavy atom. The molecule has 0 heterocycles. The molecule has 0 aromatic heterocycles. The molecule has 0 fully saturated rings. The van der Waals surface area contributed by atoms with E-state index in [1.54, 1.807) is 11.8 Å². The molecule has 12 heavy (non-hydrogen) atoms. The van der Waals surface area contributed by atoms with Crippen LogP contribution in [0.25, 0.3) is 0 Å². The second-order valence-electron chi connectivity index (χ2n) is 2.95. The van der Waals surface area contributed by atoms with Crippen molar-refractivity contribution in [3.63, 3.8) is 0 Å². The number of aliphatic hydroxyl groups is 1. The summed E-state index contributed by atoms with van der Waals surface area (Å²) in [5.74, 6) is 0.140. The molecule has 0 aliphatic heterocycles. The van der Waals surface area contributed by atoms with E-state index in [1.165, 1.54) is 0 Å². The lowest BCUT2D eigenvalue weighted by Gasteiger charge is -2.18. The van der Waals surface area contributed by atoms with Crippen molar-refractivity contribution < 1.29 is 9.90 Å². The largest absolute Gasteiger partial charge is 0.393 e. The van der Waals surface area contributed by atoms with Gasteiger partial charge in [-0.3, -0.25) is 4.79 Å². The van der Waals surface area contributed by atoms with Gasteiger partial charge in [0.05, 0.1) is 6.10 Å². The number of carbonyl (C=O) groups is 1. The number of rotatable bonds is 5. The molecule has 0 spiro atoms. The number of carbonyl (C=O) groups excluding carboxylic acids is 1. The third-order valence-corrected chi connectivity index (χ3v) is 1.89. The Kier molecular flexibility index (Phi) is 5.72. The summed E-state index contributed by atoms with van der Waals surface area (Å²) in [7, 11) is 0. The van der Waals surface area contributed by atoms with Crippen molar-refractivity contribution in [1.82, 2.24) is 4.90 Å². The summed E-state index contributed by atoms with van der Waals surface area (Å²) in [4.78, 5) is 13.1. The molecule has 0 radical (unpaired) electrons. The zero-order valence-electron chi connectivity index (χ0n) is 8.21. The van der Waals surface area contributed by atoms with Crippen molar-refractivity contribution in [1.29, 1.82) is 0 Å². The van der Waals surface area contributed by atoms with Gasteiger partial charge in [-0.25, -0.2) is 0 Å². The minimum Gasteiger partial charge on any atom is -0.393 e. The second-order valence-corrected chi connectivity index (χ2v) is 2.95. The number of amides is 1. The molecule has 0 aliphatic carbocycles. The first-order valence-electron chi connectivity index (χ1n) is 4.57. The van der Waals surface area contributed by atoms with Gasteiger partial charge in [-0.05, 0) is 27.2 Å². The Bertz CT molecular complexity index is 130. The van der Waals surface area contributed by atoms with Crippen LogP contribution in [-0.2, 0) is 4.79 Å². The standard InChI is InChI=1S/C9H19NO2/c1-4-10(5-2)9(12)7-6-8(3)11/h8,11H,4-7H2,1-3H3/t8-/m0/s1. The SMILES string of the molecule is CCN(CC)C(=O)CC[C@H](C)O. The lowest BCUT2D eigenvalue weighted by atomic mass is 10.2. The van der Waals surface area contributed by atoms with Crippen molar-refractivity contribution in [3.8, 4) is 0 Å². The molecule has 0 aromatic carbocycles. The molecule has 1 amide bonds. The first kappa shape index (κ1) is 11.4. The van der Waals surface area contributed by atoms with Crippen LogP contribution in [0.2, 0.25) is 0 Å². The number of nitrogens with zero attached hydrogens (tertiary/aromatic N) is 1. The van der Waals surface area contributed by atoms with E-state index < -0.39 is 0 Å². The van der Waals surface area contributed by atoms with Gasteiger partial charge in [0.25, 0.3) is 0 Å². The molecule has 1 atom stereocenters. The van der Waals surface area contributed by atoms with Gasteiger partial charge in [0.2, 0.25) is 5.91 Å². The van der Waals surface area contributed by atoms with Crippen LogP contribution in [0.5, 0.6) is 0 Å². The summed E-state index contributed by atoms with van der Waals surface area (Å²) in [5, 5.41) is 8.96. The fourth-order valence-corrected chi connectivity index (χ4v) is 1.07. The van der Waals surface area contributed by atoms with Crippen molar-refractivity contribution in [3.05, 3.63) is 0 Å². The summed E-state index contributed by atoms with van der Waals surface area (Å²) in [5.41, 5.74) is 0. The van der Waals surface area contributed by atoms with Crippen LogP contribution < -0.4 is 0 Å². The van der Waals surface area contributed by atoms with Crippen molar-refractivity contribution in [2.24, 2.45) is 0 Å². The Hall–Kier alpha value is -0.570. The van der Waals surface area contributed by atoms with Gasteiger partial charge in [-0.2, -0.15) is 0 Å². The van der Waals surface area contributed by atoms with Crippen molar-refractivity contribution in [2.75, 3.05) is 13.1 Å². The third kappa shape index (κ3) is 4.34. The van der Waals surface area contributed by atoms with Crippen LogP contribution in [0, 0.1) is 0 Å². The molecule has 1 N–H and O–H groups in total. The Labute approximate surface area is 74.4 Å². The van der Waals surface area contributed by atoms with Crippen LogP contribution in [0.3, 0.4) is 0 Å². The summed E-state index contributed by atoms with van der Waals surface area (Å²) in [6.45, 7) is 7.15. The first-order chi connectivity index (χ1) is 5.61. The van der Waals surface area contributed by atoms with Crippen LogP contribution in [0.4, 0.5) is 0 Å². The molecule has 72 valence electrons. The highest BCUT2D eigenvalue weighted by molar-refractivity contribution is 5.76. The van der Waals surface area contributed by atoms with E-state index in [0.717, 1.165) is 13.1 Å². The second kappa shape index (κ2) is 6.00. The van der Waals surface area contributed by atoms with Gasteiger partial charge in [0.15, 0.2) is 0 Å². The maximum atomic E-state index is 11.3. The van der Waals surface area contributed by atoms with E-state index in [4.69, 9.17) is 5.11 Å². The van der Waals surface area contributed by atoms with Gasteiger partial charge in [-0.1, -0.05) is 0 Å². The van der Waals surface area contributed by atoms with Crippen molar-refractivity contribution in [2.45, 2.75) is 39.7 Å². The topological polar surface area (TPSA) is 40.5 Å². The van der Waals surface area contributed by atoms with Crippen molar-refractivity contribution >= 4 is 5.91 Å². The van der Waals surface area contributed by atoms with Gasteiger partial charge in [-0.15, -0.1) is 0 Å². The number of hydrogen-bond acceptors (Lipinski definition) is 2. The van der Waals surface area contributed by atoms with Gasteiger partial charge >= 0.3 is 0 Å². The van der Waals surface area contributed by atoms with E-state index in [9.17, 15) is 4.79 Å². The molecule has 3 nitrogen and oxygen atoms in total. The Morgan fingerprint density at radius 3 is 2.25 bits per heavy atom. The smallest absolute Gasteiger partial charge is 0.222 e. The van der Waals surface area contributed by atoms with Gasteiger partial charge in [0, 0.05) is 19.5 Å². The van der Waals surface area contributed by atoms with Crippen LogP contribution in [0.1, 0.15) is 33.6 Å². The zero-order valence-corrected chi connectivity index (χ0v) is 8.21. The molecule has 0 saturated carbocycles. The zero-order chi connectivity index (χ0) is 9.56. The molecule has 0 aromatic rings. The van der Waals surface area contributed by atoms with Crippen LogP contribution >= 0.6 is 0 Å². The normalized spacial score (nSPS) is 12.7. The summed E-state index contributed by atoms with van der Waals surface area (Å²) < 4.78 is 0. The maximum absolute atomic E-state index is 11.3. The van der Waals surface area contributed by atoms with E-state index in [0.29, 0.717) is 12.8 Å². The fourth-order valence-electron chi connectivity index (χ4n) is 1.07. The number of hydrogen-bond donors (Lipinski definition) is 1. The molecule has 0 saturated heterocycles. The molecular weight excluding hydrogens is 154 g/mol. The number of aliphatic hydroxyl groups excluding tert-OH is 1. The molecule has 0 bridgehead atoms.